The molecule has 7 nitrogen and oxygen atoms in total. The van der Waals surface area contributed by atoms with Crippen LogP contribution in [0.2, 0.25) is 0 Å². The van der Waals surface area contributed by atoms with Crippen molar-refractivity contribution < 1.29 is 14.4 Å². The molecule has 2 rings (SSSR count). The number of pyridine rings is 1. The third-order valence-corrected chi connectivity index (χ3v) is 3.41. The first-order valence-corrected chi connectivity index (χ1v) is 6.75. The van der Waals surface area contributed by atoms with Crippen molar-refractivity contribution >= 4 is 34.9 Å². The summed E-state index contributed by atoms with van der Waals surface area (Å²) in [5, 5.41) is 2.21. The molecule has 0 bridgehead atoms. The number of nitrogens with two attached hydrogens (primary N) is 1. The number of nitrogens with one attached hydrogen (secondary N) is 1. The molecule has 3 amide bonds. The molecule has 1 unspecified atom stereocenters. The minimum Gasteiger partial charge on any atom is -0.389 e. The van der Waals surface area contributed by atoms with E-state index in [2.05, 4.69) is 10.3 Å². The SMILES string of the molecule is CCC1C(=O)NC(=O)CN1C(=O)c1ccc(C(N)=S)cn1. The zero-order chi connectivity index (χ0) is 15.6. The van der Waals surface area contributed by atoms with Gasteiger partial charge >= 0.3 is 0 Å². The number of aromatic nitrogens is 1. The number of amides is 3. The van der Waals surface area contributed by atoms with Gasteiger partial charge in [-0.3, -0.25) is 24.7 Å². The second-order valence-corrected chi connectivity index (χ2v) is 5.01. The van der Waals surface area contributed by atoms with Gasteiger partial charge in [-0.1, -0.05) is 19.1 Å². The lowest BCUT2D eigenvalue weighted by molar-refractivity contribution is -0.138. The van der Waals surface area contributed by atoms with Crippen LogP contribution in [0.25, 0.3) is 0 Å². The van der Waals surface area contributed by atoms with Gasteiger partial charge < -0.3 is 10.6 Å². The molecule has 0 aromatic carbocycles. The lowest BCUT2D eigenvalue weighted by Gasteiger charge is -2.33. The van der Waals surface area contributed by atoms with Crippen LogP contribution in [0.15, 0.2) is 18.3 Å². The number of thiocarbonyl (C=S) groups is 1. The molecule has 1 saturated heterocycles. The van der Waals surface area contributed by atoms with Gasteiger partial charge in [-0.05, 0) is 18.6 Å². The Morgan fingerprint density at radius 3 is 2.76 bits per heavy atom. The van der Waals surface area contributed by atoms with Crippen LogP contribution >= 0.6 is 12.2 Å². The minimum atomic E-state index is -0.674. The van der Waals surface area contributed by atoms with Crippen LogP contribution in [-0.2, 0) is 9.59 Å². The molecule has 21 heavy (non-hydrogen) atoms. The molecule has 1 aliphatic heterocycles. The van der Waals surface area contributed by atoms with E-state index in [1.807, 2.05) is 0 Å². The first-order valence-electron chi connectivity index (χ1n) is 6.34. The van der Waals surface area contributed by atoms with E-state index >= 15 is 0 Å². The van der Waals surface area contributed by atoms with E-state index in [-0.39, 0.29) is 17.2 Å². The quantitative estimate of drug-likeness (QED) is 0.581. The Bertz CT molecular complexity index is 614. The van der Waals surface area contributed by atoms with Crippen LogP contribution in [0.5, 0.6) is 0 Å². The highest BCUT2D eigenvalue weighted by atomic mass is 32.1. The molecule has 0 radical (unpaired) electrons. The first-order chi connectivity index (χ1) is 9.93. The van der Waals surface area contributed by atoms with E-state index in [0.717, 1.165) is 0 Å². The fraction of sp³-hybridized carbons (Fsp3) is 0.308. The van der Waals surface area contributed by atoms with Crippen LogP contribution in [0, 0.1) is 0 Å². The molecule has 1 aromatic heterocycles. The Hall–Kier alpha value is -2.35. The maximum absolute atomic E-state index is 12.4. The maximum Gasteiger partial charge on any atom is 0.273 e. The molecule has 1 fully saturated rings. The summed E-state index contributed by atoms with van der Waals surface area (Å²) in [4.78, 5) is 41.0. The summed E-state index contributed by atoms with van der Waals surface area (Å²) in [6.07, 6.45) is 1.80. The third kappa shape index (κ3) is 3.05. The van der Waals surface area contributed by atoms with Crippen LogP contribution in [0.3, 0.4) is 0 Å². The summed E-state index contributed by atoms with van der Waals surface area (Å²) < 4.78 is 0. The van der Waals surface area contributed by atoms with Crippen LogP contribution < -0.4 is 11.1 Å². The predicted octanol–water partition coefficient (Wildman–Crippen LogP) is -0.407. The summed E-state index contributed by atoms with van der Waals surface area (Å²) in [6, 6.07) is 2.38. The molecule has 8 heteroatoms. The summed E-state index contributed by atoms with van der Waals surface area (Å²) >= 11 is 4.81. The van der Waals surface area contributed by atoms with Crippen molar-refractivity contribution in [1.29, 1.82) is 0 Å². The van der Waals surface area contributed by atoms with E-state index in [1.165, 1.54) is 17.2 Å². The fourth-order valence-electron chi connectivity index (χ4n) is 2.10. The number of piperazine rings is 1. The van der Waals surface area contributed by atoms with E-state index in [1.54, 1.807) is 13.0 Å². The third-order valence-electron chi connectivity index (χ3n) is 3.17. The maximum atomic E-state index is 12.4. The number of carbonyl (C=O) groups excluding carboxylic acids is 3. The highest BCUT2D eigenvalue weighted by Gasteiger charge is 2.36. The number of imide groups is 1. The number of carbonyl (C=O) groups is 3. The lowest BCUT2D eigenvalue weighted by atomic mass is 10.1. The van der Waals surface area contributed by atoms with Crippen molar-refractivity contribution in [2.24, 2.45) is 5.73 Å². The van der Waals surface area contributed by atoms with E-state index in [0.29, 0.717) is 12.0 Å². The van der Waals surface area contributed by atoms with Crippen molar-refractivity contribution in [1.82, 2.24) is 15.2 Å². The molecular formula is C13H14N4O3S. The van der Waals surface area contributed by atoms with Gasteiger partial charge in [0.15, 0.2) is 0 Å². The van der Waals surface area contributed by atoms with Crippen molar-refractivity contribution in [2.75, 3.05) is 6.54 Å². The molecule has 2 heterocycles. The monoisotopic (exact) mass is 306 g/mol. The standard InChI is InChI=1S/C13H14N4O3S/c1-2-9-12(19)16-10(18)6-17(9)13(20)8-4-3-7(5-15-8)11(14)21/h3-5,9H,2,6H2,1H3,(H2,14,21)(H,16,18,19). The number of hydrogen-bond donors (Lipinski definition) is 2. The van der Waals surface area contributed by atoms with Gasteiger partial charge in [-0.15, -0.1) is 0 Å². The molecule has 0 aliphatic carbocycles. The predicted molar refractivity (Wildman–Crippen MR) is 78.4 cm³/mol. The van der Waals surface area contributed by atoms with E-state index < -0.39 is 23.8 Å². The largest absolute Gasteiger partial charge is 0.389 e. The van der Waals surface area contributed by atoms with Crippen molar-refractivity contribution in [3.8, 4) is 0 Å². The summed E-state index contributed by atoms with van der Waals surface area (Å²) in [7, 11) is 0. The molecule has 0 spiro atoms. The molecule has 3 N–H and O–H groups in total. The van der Waals surface area contributed by atoms with Crippen molar-refractivity contribution in [2.45, 2.75) is 19.4 Å². The highest BCUT2D eigenvalue weighted by molar-refractivity contribution is 7.80. The van der Waals surface area contributed by atoms with Crippen molar-refractivity contribution in [3.63, 3.8) is 0 Å². The van der Waals surface area contributed by atoms with Gasteiger partial charge in [-0.2, -0.15) is 0 Å². The molecule has 0 saturated carbocycles. The van der Waals surface area contributed by atoms with Gasteiger partial charge in [0.2, 0.25) is 11.8 Å². The van der Waals surface area contributed by atoms with E-state index in [9.17, 15) is 14.4 Å². The van der Waals surface area contributed by atoms with Crippen LogP contribution in [0.1, 0.15) is 29.4 Å². The zero-order valence-electron chi connectivity index (χ0n) is 11.3. The van der Waals surface area contributed by atoms with Gasteiger partial charge in [0.1, 0.15) is 23.3 Å². The number of rotatable bonds is 3. The second kappa shape index (κ2) is 5.96. The topological polar surface area (TPSA) is 105 Å². The summed E-state index contributed by atoms with van der Waals surface area (Å²) in [5.74, 6) is -1.45. The van der Waals surface area contributed by atoms with Gasteiger partial charge in [0, 0.05) is 11.8 Å². The Morgan fingerprint density at radius 1 is 1.52 bits per heavy atom. The normalized spacial score (nSPS) is 18.3. The van der Waals surface area contributed by atoms with Gasteiger partial charge in [-0.25, -0.2) is 0 Å². The fourth-order valence-corrected chi connectivity index (χ4v) is 2.22. The smallest absolute Gasteiger partial charge is 0.273 e. The Balaban J connectivity index is 2.26. The average Bonchev–Trinajstić information content (AvgIpc) is 2.46. The molecule has 1 aliphatic rings. The Kier molecular flexibility index (Phi) is 4.27. The average molecular weight is 306 g/mol. The lowest BCUT2D eigenvalue weighted by Crippen LogP contribution is -2.59. The van der Waals surface area contributed by atoms with Gasteiger partial charge in [0.05, 0.1) is 0 Å². The first kappa shape index (κ1) is 15.0. The molecular weight excluding hydrogens is 292 g/mol. The molecule has 1 atom stereocenters. The Labute approximate surface area is 126 Å². The summed E-state index contributed by atoms with van der Waals surface area (Å²) in [6.45, 7) is 1.60. The Morgan fingerprint density at radius 2 is 2.24 bits per heavy atom. The van der Waals surface area contributed by atoms with Gasteiger partial charge in [0.25, 0.3) is 5.91 Å². The van der Waals surface area contributed by atoms with Crippen LogP contribution in [0.4, 0.5) is 0 Å². The number of hydrogen-bond acceptors (Lipinski definition) is 5. The van der Waals surface area contributed by atoms with Crippen molar-refractivity contribution in [3.05, 3.63) is 29.6 Å². The summed E-state index contributed by atoms with van der Waals surface area (Å²) in [5.41, 5.74) is 6.14. The molecule has 110 valence electrons. The number of nitrogens with zero attached hydrogens (tertiary/aromatic N) is 2. The van der Waals surface area contributed by atoms with Crippen LogP contribution in [-0.4, -0.2) is 45.2 Å². The second-order valence-electron chi connectivity index (χ2n) is 4.57. The highest BCUT2D eigenvalue weighted by Crippen LogP contribution is 2.13. The minimum absolute atomic E-state index is 0.135. The molecule has 1 aromatic rings. The van der Waals surface area contributed by atoms with E-state index in [4.69, 9.17) is 18.0 Å². The zero-order valence-corrected chi connectivity index (χ0v) is 12.1.